The summed E-state index contributed by atoms with van der Waals surface area (Å²) in [6.07, 6.45) is 2.20. The van der Waals surface area contributed by atoms with Crippen molar-refractivity contribution in [3.05, 3.63) is 29.8 Å². The highest BCUT2D eigenvalue weighted by atomic mass is 32.1. The van der Waals surface area contributed by atoms with Crippen LogP contribution in [0.15, 0.2) is 24.3 Å². The van der Waals surface area contributed by atoms with Crippen molar-refractivity contribution in [3.8, 4) is 0 Å². The maximum Gasteiger partial charge on any atom is 0.103 e. The van der Waals surface area contributed by atoms with Crippen LogP contribution in [-0.4, -0.2) is 29.3 Å². The predicted octanol–water partition coefficient (Wildman–Crippen LogP) is 1.28. The van der Waals surface area contributed by atoms with Gasteiger partial charge in [-0.05, 0) is 37.1 Å². The first kappa shape index (κ1) is 11.4. The molecule has 86 valence electrons. The van der Waals surface area contributed by atoms with Crippen LogP contribution in [-0.2, 0) is 0 Å². The van der Waals surface area contributed by atoms with Gasteiger partial charge in [-0.15, -0.1) is 0 Å². The first-order valence-electron chi connectivity index (χ1n) is 5.49. The van der Waals surface area contributed by atoms with Gasteiger partial charge in [-0.1, -0.05) is 12.2 Å². The molecule has 0 bridgehead atoms. The van der Waals surface area contributed by atoms with E-state index < -0.39 is 0 Å². The van der Waals surface area contributed by atoms with E-state index in [2.05, 4.69) is 4.90 Å². The summed E-state index contributed by atoms with van der Waals surface area (Å²) < 4.78 is 0. The van der Waals surface area contributed by atoms with E-state index in [1.54, 1.807) is 0 Å². The first-order chi connectivity index (χ1) is 7.72. The van der Waals surface area contributed by atoms with E-state index in [0.29, 0.717) is 4.99 Å². The summed E-state index contributed by atoms with van der Waals surface area (Å²) in [5.41, 5.74) is 7.57. The summed E-state index contributed by atoms with van der Waals surface area (Å²) in [5, 5.41) is 9.26. The lowest BCUT2D eigenvalue weighted by Crippen LogP contribution is -2.31. The molecule has 1 unspecified atom stereocenters. The summed E-state index contributed by atoms with van der Waals surface area (Å²) >= 11 is 4.91. The van der Waals surface area contributed by atoms with Gasteiger partial charge in [0.15, 0.2) is 0 Å². The highest BCUT2D eigenvalue weighted by molar-refractivity contribution is 7.80. The van der Waals surface area contributed by atoms with Gasteiger partial charge in [-0.3, -0.25) is 0 Å². The lowest BCUT2D eigenvalue weighted by atomic mass is 10.1. The lowest BCUT2D eigenvalue weighted by molar-refractivity contribution is 0.266. The Labute approximate surface area is 101 Å². The molecule has 1 saturated heterocycles. The summed E-state index contributed by atoms with van der Waals surface area (Å²) in [6.45, 7) is 1.23. The van der Waals surface area contributed by atoms with Crippen molar-refractivity contribution < 1.29 is 5.11 Å². The van der Waals surface area contributed by atoms with Crippen molar-refractivity contribution >= 4 is 22.9 Å². The SMILES string of the molecule is NC(=S)c1ccc(N2CCCC2CO)cc1. The second-order valence-electron chi connectivity index (χ2n) is 4.08. The number of aliphatic hydroxyl groups excluding tert-OH is 1. The Morgan fingerprint density at radius 1 is 1.44 bits per heavy atom. The molecule has 1 aliphatic rings. The summed E-state index contributed by atoms with van der Waals surface area (Å²) in [7, 11) is 0. The summed E-state index contributed by atoms with van der Waals surface area (Å²) in [4.78, 5) is 2.66. The van der Waals surface area contributed by atoms with Crippen LogP contribution < -0.4 is 10.6 Å². The fourth-order valence-electron chi connectivity index (χ4n) is 2.18. The standard InChI is InChI=1S/C12H16N2OS/c13-12(16)9-3-5-10(6-4-9)14-7-1-2-11(14)8-15/h3-6,11,15H,1-2,7-8H2,(H2,13,16). The van der Waals surface area contributed by atoms with Crippen molar-refractivity contribution in [3.63, 3.8) is 0 Å². The molecule has 2 rings (SSSR count). The number of aliphatic hydroxyl groups is 1. The largest absolute Gasteiger partial charge is 0.394 e. The third-order valence-electron chi connectivity index (χ3n) is 3.07. The number of benzene rings is 1. The average Bonchev–Trinajstić information content (AvgIpc) is 2.77. The monoisotopic (exact) mass is 236 g/mol. The van der Waals surface area contributed by atoms with Crippen LogP contribution in [0.5, 0.6) is 0 Å². The molecule has 16 heavy (non-hydrogen) atoms. The molecule has 3 N–H and O–H groups in total. The van der Waals surface area contributed by atoms with Gasteiger partial charge in [0.25, 0.3) is 0 Å². The van der Waals surface area contributed by atoms with Crippen LogP contribution in [0.1, 0.15) is 18.4 Å². The molecule has 1 aromatic rings. The topological polar surface area (TPSA) is 49.5 Å². The quantitative estimate of drug-likeness (QED) is 0.776. The number of hydrogen-bond acceptors (Lipinski definition) is 3. The highest BCUT2D eigenvalue weighted by Gasteiger charge is 2.23. The lowest BCUT2D eigenvalue weighted by Gasteiger charge is -2.25. The summed E-state index contributed by atoms with van der Waals surface area (Å²) in [6, 6.07) is 8.16. The summed E-state index contributed by atoms with van der Waals surface area (Å²) in [5.74, 6) is 0. The molecule has 0 aromatic heterocycles. The molecule has 0 aliphatic carbocycles. The van der Waals surface area contributed by atoms with Crippen molar-refractivity contribution in [1.82, 2.24) is 0 Å². The number of thiocarbonyl (C=S) groups is 1. The number of anilines is 1. The van der Waals surface area contributed by atoms with Crippen molar-refractivity contribution in [2.24, 2.45) is 5.73 Å². The number of hydrogen-bond donors (Lipinski definition) is 2. The fourth-order valence-corrected chi connectivity index (χ4v) is 2.32. The molecular formula is C12H16N2OS. The van der Waals surface area contributed by atoms with Gasteiger partial charge < -0.3 is 15.7 Å². The Hall–Kier alpha value is -1.13. The normalized spacial score (nSPS) is 20.1. The first-order valence-corrected chi connectivity index (χ1v) is 5.90. The second kappa shape index (κ2) is 4.80. The number of rotatable bonds is 3. The third kappa shape index (κ3) is 2.18. The minimum absolute atomic E-state index is 0.219. The Kier molecular flexibility index (Phi) is 3.41. The van der Waals surface area contributed by atoms with E-state index in [4.69, 9.17) is 18.0 Å². The van der Waals surface area contributed by atoms with E-state index in [-0.39, 0.29) is 12.6 Å². The zero-order valence-corrected chi connectivity index (χ0v) is 9.91. The molecule has 1 aromatic carbocycles. The van der Waals surface area contributed by atoms with Crippen LogP contribution in [0, 0.1) is 0 Å². The predicted molar refractivity (Wildman–Crippen MR) is 69.8 cm³/mol. The third-order valence-corrected chi connectivity index (χ3v) is 3.31. The molecule has 0 amide bonds. The highest BCUT2D eigenvalue weighted by Crippen LogP contribution is 2.25. The van der Waals surface area contributed by atoms with E-state index in [1.165, 1.54) is 0 Å². The molecule has 4 heteroatoms. The minimum atomic E-state index is 0.219. The van der Waals surface area contributed by atoms with Crippen LogP contribution >= 0.6 is 12.2 Å². The molecule has 0 radical (unpaired) electrons. The van der Waals surface area contributed by atoms with Gasteiger partial charge in [-0.2, -0.15) is 0 Å². The smallest absolute Gasteiger partial charge is 0.103 e. The minimum Gasteiger partial charge on any atom is -0.394 e. The molecule has 1 fully saturated rings. The zero-order chi connectivity index (χ0) is 11.5. The Morgan fingerprint density at radius 3 is 2.69 bits per heavy atom. The van der Waals surface area contributed by atoms with Crippen molar-refractivity contribution in [2.75, 3.05) is 18.1 Å². The molecule has 1 aliphatic heterocycles. The van der Waals surface area contributed by atoms with Gasteiger partial charge in [0.1, 0.15) is 4.99 Å². The van der Waals surface area contributed by atoms with Gasteiger partial charge in [0.2, 0.25) is 0 Å². The molecule has 1 heterocycles. The van der Waals surface area contributed by atoms with Crippen LogP contribution in [0.2, 0.25) is 0 Å². The average molecular weight is 236 g/mol. The Balaban J connectivity index is 2.18. The molecule has 0 saturated carbocycles. The van der Waals surface area contributed by atoms with Gasteiger partial charge >= 0.3 is 0 Å². The van der Waals surface area contributed by atoms with Crippen molar-refractivity contribution in [2.45, 2.75) is 18.9 Å². The fraction of sp³-hybridized carbons (Fsp3) is 0.417. The van der Waals surface area contributed by atoms with Gasteiger partial charge in [-0.25, -0.2) is 0 Å². The van der Waals surface area contributed by atoms with E-state index in [1.807, 2.05) is 24.3 Å². The van der Waals surface area contributed by atoms with Crippen LogP contribution in [0.25, 0.3) is 0 Å². The maximum absolute atomic E-state index is 9.26. The van der Waals surface area contributed by atoms with Crippen LogP contribution in [0.4, 0.5) is 5.69 Å². The molecule has 1 atom stereocenters. The zero-order valence-electron chi connectivity index (χ0n) is 9.10. The second-order valence-corrected chi connectivity index (χ2v) is 4.52. The Morgan fingerprint density at radius 2 is 2.12 bits per heavy atom. The molecule has 3 nitrogen and oxygen atoms in total. The van der Waals surface area contributed by atoms with E-state index in [0.717, 1.165) is 30.6 Å². The Bertz CT molecular complexity index is 377. The van der Waals surface area contributed by atoms with Gasteiger partial charge in [0.05, 0.1) is 12.6 Å². The van der Waals surface area contributed by atoms with Crippen LogP contribution in [0.3, 0.4) is 0 Å². The maximum atomic E-state index is 9.26. The van der Waals surface area contributed by atoms with E-state index in [9.17, 15) is 5.11 Å². The van der Waals surface area contributed by atoms with Crippen molar-refractivity contribution in [1.29, 1.82) is 0 Å². The van der Waals surface area contributed by atoms with Gasteiger partial charge in [0, 0.05) is 17.8 Å². The number of nitrogens with two attached hydrogens (primary N) is 1. The number of nitrogens with zero attached hydrogens (tertiary/aromatic N) is 1. The van der Waals surface area contributed by atoms with E-state index >= 15 is 0 Å². The molecule has 0 spiro atoms. The molecular weight excluding hydrogens is 220 g/mol.